The molecule has 14 heteroatoms. The summed E-state index contributed by atoms with van der Waals surface area (Å²) in [6.07, 6.45) is 26.2. The number of rotatable bonds is 37. The Hall–Kier alpha value is -1.93. The highest BCUT2D eigenvalue weighted by Gasteiger charge is 2.51. The zero-order valence-electron chi connectivity index (χ0n) is 36.3. The van der Waals surface area contributed by atoms with Gasteiger partial charge in [-0.3, -0.25) is 18.6 Å². The monoisotopic (exact) mass is 861 g/mol. The summed E-state index contributed by atoms with van der Waals surface area (Å²) in [7, 11) is -5.12. The van der Waals surface area contributed by atoms with Crippen molar-refractivity contribution in [3.05, 3.63) is 36.5 Å². The van der Waals surface area contributed by atoms with Crippen LogP contribution < -0.4 is 0 Å². The molecule has 13 nitrogen and oxygen atoms in total. The van der Waals surface area contributed by atoms with Crippen LogP contribution in [0.25, 0.3) is 0 Å². The van der Waals surface area contributed by atoms with E-state index < -0.39 is 75.7 Å². The zero-order chi connectivity index (χ0) is 43.6. The van der Waals surface area contributed by atoms with Gasteiger partial charge in [0.25, 0.3) is 0 Å². The lowest BCUT2D eigenvalue weighted by Gasteiger charge is -2.41. The summed E-state index contributed by atoms with van der Waals surface area (Å²) in [5, 5.41) is 50.1. The molecule has 0 spiro atoms. The van der Waals surface area contributed by atoms with Crippen LogP contribution in [0.3, 0.4) is 0 Å². The highest BCUT2D eigenvalue weighted by molar-refractivity contribution is 7.47. The molecule has 0 aromatic carbocycles. The molecule has 0 bridgehead atoms. The average Bonchev–Trinajstić information content (AvgIpc) is 3.21. The maximum absolute atomic E-state index is 12.8. The summed E-state index contributed by atoms with van der Waals surface area (Å²) >= 11 is 0. The van der Waals surface area contributed by atoms with Crippen LogP contribution >= 0.6 is 7.82 Å². The Morgan fingerprint density at radius 3 is 1.42 bits per heavy atom. The van der Waals surface area contributed by atoms with Gasteiger partial charge in [-0.1, -0.05) is 134 Å². The summed E-state index contributed by atoms with van der Waals surface area (Å²) in [6, 6.07) is 0. The maximum Gasteiger partial charge on any atom is 0.472 e. The quantitative estimate of drug-likeness (QED) is 0.0150. The number of phosphoric acid groups is 1. The Balaban J connectivity index is 2.49. The molecular weight excluding hydrogens is 779 g/mol. The smallest absolute Gasteiger partial charge is 0.462 e. The van der Waals surface area contributed by atoms with Crippen LogP contribution in [0.15, 0.2) is 36.5 Å². The van der Waals surface area contributed by atoms with Crippen molar-refractivity contribution in [2.45, 2.75) is 224 Å². The first kappa shape index (κ1) is 55.1. The SMILES string of the molecule is CCCCC/C=C\C/C=C\CCCCCCCC(=O)O[C@H](COC(=O)CCCCCCC/C=C\CCCCCCCC)COP(=O)(O)OC1C(O)C(O)C(O)[C@@H](O)C1O. The average molecular weight is 861 g/mol. The second kappa shape index (κ2) is 35.6. The molecule has 0 radical (unpaired) electrons. The second-order valence-electron chi connectivity index (χ2n) is 15.9. The van der Waals surface area contributed by atoms with E-state index in [1.54, 1.807) is 0 Å². The van der Waals surface area contributed by atoms with Gasteiger partial charge in [-0.25, -0.2) is 4.57 Å². The molecule has 1 rings (SSSR count). The molecule has 1 aliphatic carbocycles. The van der Waals surface area contributed by atoms with E-state index in [2.05, 4.69) is 50.3 Å². The fourth-order valence-corrected chi connectivity index (χ4v) is 7.70. The normalized spacial score (nSPS) is 22.6. The molecule has 59 heavy (non-hydrogen) atoms. The van der Waals surface area contributed by atoms with Gasteiger partial charge in [0, 0.05) is 12.8 Å². The van der Waals surface area contributed by atoms with E-state index in [0.29, 0.717) is 12.8 Å². The molecule has 0 heterocycles. The number of ether oxygens (including phenoxy) is 2. The van der Waals surface area contributed by atoms with E-state index in [4.69, 9.17) is 18.5 Å². The van der Waals surface area contributed by atoms with Crippen molar-refractivity contribution in [1.82, 2.24) is 0 Å². The molecule has 1 aliphatic rings. The topological polar surface area (TPSA) is 210 Å². The van der Waals surface area contributed by atoms with Crippen LogP contribution in [0.4, 0.5) is 0 Å². The summed E-state index contributed by atoms with van der Waals surface area (Å²) in [4.78, 5) is 35.7. The first-order valence-electron chi connectivity index (χ1n) is 22.8. The van der Waals surface area contributed by atoms with E-state index in [9.17, 15) is 44.6 Å². The number of phosphoric ester groups is 1. The standard InChI is InChI=1S/C45H81O13P/c1-3-5-7-9-11-13-15-17-19-21-23-25-27-29-31-33-38(46)55-35-37(36-56-59(53,54)58-45-43(51)41(49)40(48)42(50)44(45)52)57-39(47)34-32-30-28-26-24-22-20-18-16-14-12-10-8-6-4-2/h12,14,17-20,37,40-45,48-52H,3-11,13,15-16,21-36H2,1-2H3,(H,53,54)/b14-12-,19-17-,20-18-/t37-,40?,41-,42?,43?,44?,45?/m1/s1. The molecule has 8 atom stereocenters. The third-order valence-electron chi connectivity index (χ3n) is 10.5. The van der Waals surface area contributed by atoms with Gasteiger partial charge < -0.3 is 39.9 Å². The van der Waals surface area contributed by atoms with Gasteiger partial charge in [0.1, 0.15) is 43.2 Å². The second-order valence-corrected chi connectivity index (χ2v) is 17.3. The Morgan fingerprint density at radius 2 is 0.915 bits per heavy atom. The predicted molar refractivity (Wildman–Crippen MR) is 230 cm³/mol. The van der Waals surface area contributed by atoms with Crippen molar-refractivity contribution in [3.8, 4) is 0 Å². The lowest BCUT2D eigenvalue weighted by Crippen LogP contribution is -2.64. The predicted octanol–water partition coefficient (Wildman–Crippen LogP) is 8.61. The molecule has 0 amide bonds. The van der Waals surface area contributed by atoms with E-state index >= 15 is 0 Å². The van der Waals surface area contributed by atoms with Crippen LogP contribution in [0.1, 0.15) is 181 Å². The van der Waals surface area contributed by atoms with Gasteiger partial charge in [0.15, 0.2) is 6.10 Å². The van der Waals surface area contributed by atoms with Gasteiger partial charge in [-0.2, -0.15) is 0 Å². The maximum atomic E-state index is 12.8. The lowest BCUT2D eigenvalue weighted by molar-refractivity contribution is -0.220. The van der Waals surface area contributed by atoms with Crippen molar-refractivity contribution < 1.29 is 63.1 Å². The van der Waals surface area contributed by atoms with Crippen LogP contribution in [0, 0.1) is 0 Å². The van der Waals surface area contributed by atoms with Gasteiger partial charge in [-0.05, 0) is 70.6 Å². The van der Waals surface area contributed by atoms with Crippen molar-refractivity contribution in [3.63, 3.8) is 0 Å². The molecule has 344 valence electrons. The molecular formula is C45H81O13P. The van der Waals surface area contributed by atoms with E-state index in [-0.39, 0.29) is 12.8 Å². The number of hydrogen-bond donors (Lipinski definition) is 6. The first-order chi connectivity index (χ1) is 28.4. The fraction of sp³-hybridized carbons (Fsp3) is 0.822. The Labute approximate surface area is 355 Å². The van der Waals surface area contributed by atoms with Gasteiger partial charge in [0.05, 0.1) is 6.61 Å². The molecule has 0 aromatic heterocycles. The number of carbonyl (C=O) groups excluding carboxylic acids is 2. The lowest BCUT2D eigenvalue weighted by atomic mass is 9.85. The van der Waals surface area contributed by atoms with Crippen molar-refractivity contribution in [2.75, 3.05) is 13.2 Å². The Morgan fingerprint density at radius 1 is 0.525 bits per heavy atom. The van der Waals surface area contributed by atoms with Crippen LogP contribution in [-0.4, -0.2) is 98.3 Å². The minimum absolute atomic E-state index is 0.0791. The van der Waals surface area contributed by atoms with Gasteiger partial charge in [0.2, 0.25) is 0 Å². The fourth-order valence-electron chi connectivity index (χ4n) is 6.72. The van der Waals surface area contributed by atoms with Crippen molar-refractivity contribution in [1.29, 1.82) is 0 Å². The van der Waals surface area contributed by atoms with Crippen LogP contribution in [0.2, 0.25) is 0 Å². The van der Waals surface area contributed by atoms with Gasteiger partial charge >= 0.3 is 19.8 Å². The number of carbonyl (C=O) groups is 2. The minimum Gasteiger partial charge on any atom is -0.462 e. The van der Waals surface area contributed by atoms with E-state index in [1.807, 2.05) is 0 Å². The van der Waals surface area contributed by atoms with Crippen molar-refractivity contribution in [2.24, 2.45) is 0 Å². The van der Waals surface area contributed by atoms with Crippen LogP contribution in [0.5, 0.6) is 0 Å². The first-order valence-corrected chi connectivity index (χ1v) is 24.3. The molecule has 1 saturated carbocycles. The van der Waals surface area contributed by atoms with Crippen LogP contribution in [-0.2, 0) is 32.7 Å². The Bertz CT molecular complexity index is 1180. The highest BCUT2D eigenvalue weighted by Crippen LogP contribution is 2.47. The van der Waals surface area contributed by atoms with E-state index in [0.717, 1.165) is 83.5 Å². The summed E-state index contributed by atoms with van der Waals surface area (Å²) in [5.41, 5.74) is 0. The minimum atomic E-state index is -5.12. The third-order valence-corrected chi connectivity index (χ3v) is 11.4. The van der Waals surface area contributed by atoms with E-state index in [1.165, 1.54) is 57.8 Å². The Kier molecular flexibility index (Phi) is 33.3. The number of allylic oxidation sites excluding steroid dienone is 6. The number of esters is 2. The summed E-state index contributed by atoms with van der Waals surface area (Å²) in [6.45, 7) is 3.24. The van der Waals surface area contributed by atoms with Gasteiger partial charge in [-0.15, -0.1) is 0 Å². The molecule has 0 aliphatic heterocycles. The molecule has 0 saturated heterocycles. The van der Waals surface area contributed by atoms with Crippen molar-refractivity contribution >= 4 is 19.8 Å². The molecule has 1 fully saturated rings. The molecule has 6 unspecified atom stereocenters. The zero-order valence-corrected chi connectivity index (χ0v) is 37.2. The number of aliphatic hydroxyl groups is 5. The molecule has 6 N–H and O–H groups in total. The number of aliphatic hydroxyl groups excluding tert-OH is 5. The molecule has 0 aromatic rings. The number of unbranched alkanes of at least 4 members (excludes halogenated alkanes) is 19. The largest absolute Gasteiger partial charge is 0.472 e. The number of hydrogen-bond acceptors (Lipinski definition) is 12. The highest BCUT2D eigenvalue weighted by atomic mass is 31.2. The summed E-state index contributed by atoms with van der Waals surface area (Å²) in [5.74, 6) is -1.12. The summed E-state index contributed by atoms with van der Waals surface area (Å²) < 4.78 is 33.5. The third kappa shape index (κ3) is 28.3.